The quantitative estimate of drug-likeness (QED) is 0.455. The molecule has 0 aliphatic carbocycles. The van der Waals surface area contributed by atoms with Crippen molar-refractivity contribution in [3.63, 3.8) is 0 Å². The number of hydrogen-bond acceptors (Lipinski definition) is 4. The number of para-hydroxylation sites is 1. The fourth-order valence-electron chi connectivity index (χ4n) is 3.09. The van der Waals surface area contributed by atoms with Crippen molar-refractivity contribution in [2.75, 3.05) is 0 Å². The second-order valence-corrected chi connectivity index (χ2v) is 8.03. The number of nitrogens with zero attached hydrogens (tertiary/aromatic N) is 2. The smallest absolute Gasteiger partial charge is 0.294 e. The van der Waals surface area contributed by atoms with Gasteiger partial charge in [0.25, 0.3) is 15.7 Å². The van der Waals surface area contributed by atoms with E-state index in [1.807, 2.05) is 31.2 Å². The summed E-state index contributed by atoms with van der Waals surface area (Å²) in [5.74, 6) is 0. The van der Waals surface area contributed by atoms with Gasteiger partial charge in [-0.1, -0.05) is 38.5 Å². The van der Waals surface area contributed by atoms with E-state index in [2.05, 4.69) is 17.0 Å². The van der Waals surface area contributed by atoms with E-state index < -0.39 is 10.1 Å². The summed E-state index contributed by atoms with van der Waals surface area (Å²) in [7, 11) is -4.29. The maximum atomic E-state index is 13.0. The molecule has 0 fully saturated rings. The van der Waals surface area contributed by atoms with Crippen LogP contribution in [0.2, 0.25) is 0 Å². The first kappa shape index (κ1) is 20.8. The Morgan fingerprint density at radius 3 is 2.41 bits per heavy atom. The Hall–Kier alpha value is -2.97. The van der Waals surface area contributed by atoms with Crippen LogP contribution in [-0.4, -0.2) is 29.0 Å². The summed E-state index contributed by atoms with van der Waals surface area (Å²) in [6, 6.07) is 13.2. The minimum atomic E-state index is -4.29. The topological polar surface area (TPSA) is 105 Å². The first-order valence-electron chi connectivity index (χ1n) is 9.39. The molecular formula is C21H23N3O4S. The van der Waals surface area contributed by atoms with Crippen LogP contribution in [0.3, 0.4) is 0 Å². The molecule has 0 saturated heterocycles. The SMILES string of the molecule is CCCc1[nH]n(-c2ccc(S(=O)(=O)O)cc2)c(=O)c1C=Nc1ccccc1CC. The van der Waals surface area contributed by atoms with E-state index in [0.717, 1.165) is 29.8 Å². The molecule has 29 heavy (non-hydrogen) atoms. The van der Waals surface area contributed by atoms with Crippen molar-refractivity contribution in [3.05, 3.63) is 75.7 Å². The zero-order valence-corrected chi connectivity index (χ0v) is 17.1. The highest BCUT2D eigenvalue weighted by molar-refractivity contribution is 7.85. The lowest BCUT2D eigenvalue weighted by atomic mass is 10.1. The minimum absolute atomic E-state index is 0.229. The van der Waals surface area contributed by atoms with Gasteiger partial charge in [0.2, 0.25) is 0 Å². The van der Waals surface area contributed by atoms with Gasteiger partial charge >= 0.3 is 0 Å². The molecule has 0 bridgehead atoms. The third kappa shape index (κ3) is 4.55. The number of aromatic nitrogens is 2. The molecule has 8 heteroatoms. The third-order valence-corrected chi connectivity index (χ3v) is 5.47. The van der Waals surface area contributed by atoms with Crippen LogP contribution in [-0.2, 0) is 23.0 Å². The fourth-order valence-corrected chi connectivity index (χ4v) is 3.57. The number of hydrogen-bond donors (Lipinski definition) is 2. The summed E-state index contributed by atoms with van der Waals surface area (Å²) in [4.78, 5) is 17.3. The van der Waals surface area contributed by atoms with Gasteiger partial charge in [0, 0.05) is 11.9 Å². The van der Waals surface area contributed by atoms with E-state index in [0.29, 0.717) is 17.7 Å². The molecule has 3 rings (SSSR count). The van der Waals surface area contributed by atoms with Crippen molar-refractivity contribution >= 4 is 22.0 Å². The Morgan fingerprint density at radius 1 is 1.10 bits per heavy atom. The van der Waals surface area contributed by atoms with E-state index in [-0.39, 0.29) is 10.5 Å². The lowest BCUT2D eigenvalue weighted by Crippen LogP contribution is -2.17. The van der Waals surface area contributed by atoms with Gasteiger partial charge in [-0.2, -0.15) is 8.42 Å². The molecule has 0 spiro atoms. The highest BCUT2D eigenvalue weighted by Gasteiger charge is 2.15. The summed E-state index contributed by atoms with van der Waals surface area (Å²) < 4.78 is 32.9. The van der Waals surface area contributed by atoms with Crippen molar-refractivity contribution in [1.29, 1.82) is 0 Å². The van der Waals surface area contributed by atoms with Crippen LogP contribution in [0, 0.1) is 0 Å². The molecule has 1 aromatic heterocycles. The predicted molar refractivity (Wildman–Crippen MR) is 113 cm³/mol. The number of aliphatic imine (C=N–C) groups is 1. The van der Waals surface area contributed by atoms with E-state index in [1.165, 1.54) is 28.9 Å². The third-order valence-electron chi connectivity index (χ3n) is 4.60. The fraction of sp³-hybridized carbons (Fsp3) is 0.238. The zero-order valence-electron chi connectivity index (χ0n) is 16.3. The number of H-pyrrole nitrogens is 1. The van der Waals surface area contributed by atoms with Crippen LogP contribution in [0.1, 0.15) is 37.1 Å². The van der Waals surface area contributed by atoms with Crippen molar-refractivity contribution in [3.8, 4) is 5.69 Å². The molecule has 0 saturated carbocycles. The van der Waals surface area contributed by atoms with Crippen LogP contribution < -0.4 is 5.56 Å². The van der Waals surface area contributed by atoms with Gasteiger partial charge in [0.15, 0.2) is 0 Å². The van der Waals surface area contributed by atoms with Crippen molar-refractivity contribution in [2.45, 2.75) is 38.0 Å². The number of nitrogens with one attached hydrogen (secondary N) is 1. The zero-order chi connectivity index (χ0) is 21.0. The summed E-state index contributed by atoms with van der Waals surface area (Å²) in [6.07, 6.45) is 3.93. The average molecular weight is 413 g/mol. The van der Waals surface area contributed by atoms with Gasteiger partial charge in [0.1, 0.15) is 0 Å². The standard InChI is InChI=1S/C21H23N3O4S/c1-3-7-20-18(14-22-19-9-6-5-8-15(19)4-2)21(25)24(23-20)16-10-12-17(13-11-16)29(26,27)28/h5-6,8-14,23H,3-4,7H2,1-2H3,(H,26,27,28). The van der Waals surface area contributed by atoms with E-state index in [9.17, 15) is 13.2 Å². The van der Waals surface area contributed by atoms with Gasteiger partial charge in [-0.15, -0.1) is 0 Å². The van der Waals surface area contributed by atoms with Gasteiger partial charge in [0.05, 0.1) is 21.8 Å². The molecule has 0 unspecified atom stereocenters. The Morgan fingerprint density at radius 2 is 1.79 bits per heavy atom. The molecular weight excluding hydrogens is 390 g/mol. The van der Waals surface area contributed by atoms with Crippen molar-refractivity contribution in [1.82, 2.24) is 9.78 Å². The molecule has 152 valence electrons. The molecule has 0 atom stereocenters. The predicted octanol–water partition coefficient (Wildman–Crippen LogP) is 3.68. The molecule has 2 aromatic carbocycles. The number of aromatic amines is 1. The Balaban J connectivity index is 2.04. The summed E-state index contributed by atoms with van der Waals surface area (Å²) >= 11 is 0. The van der Waals surface area contributed by atoms with Crippen LogP contribution in [0.4, 0.5) is 5.69 Å². The molecule has 0 aliphatic heterocycles. The lowest BCUT2D eigenvalue weighted by Gasteiger charge is -2.03. The molecule has 7 nitrogen and oxygen atoms in total. The van der Waals surface area contributed by atoms with Crippen molar-refractivity contribution in [2.24, 2.45) is 4.99 Å². The monoisotopic (exact) mass is 413 g/mol. The second-order valence-electron chi connectivity index (χ2n) is 6.60. The van der Waals surface area contributed by atoms with E-state index in [1.54, 1.807) is 6.21 Å². The Bertz CT molecular complexity index is 1190. The first-order chi connectivity index (χ1) is 13.8. The highest BCUT2D eigenvalue weighted by Crippen LogP contribution is 2.19. The molecule has 3 aromatic rings. The normalized spacial score (nSPS) is 12.0. The molecule has 0 radical (unpaired) electrons. The van der Waals surface area contributed by atoms with Crippen LogP contribution in [0.5, 0.6) is 0 Å². The molecule has 0 amide bonds. The number of aryl methyl sites for hydroxylation is 2. The maximum Gasteiger partial charge on any atom is 0.294 e. The Labute approximate surface area is 169 Å². The maximum absolute atomic E-state index is 13.0. The van der Waals surface area contributed by atoms with Gasteiger partial charge in [-0.05, 0) is 48.7 Å². The highest BCUT2D eigenvalue weighted by atomic mass is 32.2. The van der Waals surface area contributed by atoms with Crippen LogP contribution >= 0.6 is 0 Å². The Kier molecular flexibility index (Phi) is 6.14. The van der Waals surface area contributed by atoms with Crippen LogP contribution in [0.25, 0.3) is 5.69 Å². The van der Waals surface area contributed by atoms with Gasteiger partial charge in [-0.25, -0.2) is 4.68 Å². The van der Waals surface area contributed by atoms with Crippen molar-refractivity contribution < 1.29 is 13.0 Å². The minimum Gasteiger partial charge on any atom is -0.294 e. The molecule has 1 heterocycles. The first-order valence-corrected chi connectivity index (χ1v) is 10.8. The average Bonchev–Trinajstić information content (AvgIpc) is 3.01. The van der Waals surface area contributed by atoms with E-state index in [4.69, 9.17) is 4.55 Å². The molecule has 0 aliphatic rings. The van der Waals surface area contributed by atoms with Gasteiger partial charge < -0.3 is 0 Å². The largest absolute Gasteiger partial charge is 0.294 e. The summed E-state index contributed by atoms with van der Waals surface area (Å²) in [5.41, 5.74) is 3.34. The van der Waals surface area contributed by atoms with Crippen LogP contribution in [0.15, 0.2) is 63.2 Å². The lowest BCUT2D eigenvalue weighted by molar-refractivity contribution is 0.483. The van der Waals surface area contributed by atoms with Gasteiger partial charge in [-0.3, -0.25) is 19.4 Å². The second kappa shape index (κ2) is 8.59. The summed E-state index contributed by atoms with van der Waals surface area (Å²) in [5, 5.41) is 3.09. The molecule has 2 N–H and O–H groups in total. The summed E-state index contributed by atoms with van der Waals surface area (Å²) in [6.45, 7) is 4.07. The number of benzene rings is 2. The van der Waals surface area contributed by atoms with E-state index >= 15 is 0 Å². The number of rotatable bonds is 7.